The van der Waals surface area contributed by atoms with E-state index in [1.54, 1.807) is 36.0 Å². The molecule has 1 aromatic rings. The molecule has 4 amide bonds. The Morgan fingerprint density at radius 1 is 1.12 bits per heavy atom. The lowest BCUT2D eigenvalue weighted by Gasteiger charge is -2.62. The molecule has 3 aliphatic heterocycles. The van der Waals surface area contributed by atoms with Crippen molar-refractivity contribution in [3.05, 3.63) is 66.9 Å². The van der Waals surface area contributed by atoms with Gasteiger partial charge in [0.2, 0.25) is 12.3 Å². The van der Waals surface area contributed by atoms with Crippen LogP contribution in [0.4, 0.5) is 10.5 Å². The number of aliphatic imine (C=N–C) groups is 1. The van der Waals surface area contributed by atoms with E-state index in [9.17, 15) is 14.4 Å². The van der Waals surface area contributed by atoms with Crippen molar-refractivity contribution in [1.82, 2.24) is 24.9 Å². The fraction of sp³-hybridized carbons (Fsp3) is 0.556. The number of hydrogen-bond acceptors (Lipinski definition) is 8. The summed E-state index contributed by atoms with van der Waals surface area (Å²) in [7, 11) is 3.67. The quantitative estimate of drug-likeness (QED) is 0.127. The van der Waals surface area contributed by atoms with Crippen LogP contribution in [0.2, 0.25) is 0 Å². The molecule has 4 rings (SSSR count). The Kier molecular flexibility index (Phi) is 14.5. The fourth-order valence-corrected chi connectivity index (χ4v) is 5.90. The predicted octanol–water partition coefficient (Wildman–Crippen LogP) is 2.92. The van der Waals surface area contributed by atoms with Crippen molar-refractivity contribution in [2.75, 3.05) is 58.3 Å². The topological polar surface area (TPSA) is 144 Å². The molecule has 264 valence electrons. The second-order valence-electron chi connectivity index (χ2n) is 13.3. The minimum atomic E-state index is -0.882. The molecule has 48 heavy (non-hydrogen) atoms. The zero-order valence-corrected chi connectivity index (χ0v) is 29.6. The van der Waals surface area contributed by atoms with Crippen molar-refractivity contribution < 1.29 is 14.4 Å². The molecule has 12 nitrogen and oxygen atoms in total. The molecule has 3 unspecified atom stereocenters. The third-order valence-corrected chi connectivity index (χ3v) is 9.38. The third-order valence-electron chi connectivity index (χ3n) is 9.38. The van der Waals surface area contributed by atoms with E-state index in [-0.39, 0.29) is 24.0 Å². The Morgan fingerprint density at radius 2 is 1.75 bits per heavy atom. The minimum absolute atomic E-state index is 0.0136. The summed E-state index contributed by atoms with van der Waals surface area (Å²) in [6, 6.07) is 7.87. The molecule has 1 aromatic carbocycles. The van der Waals surface area contributed by atoms with E-state index >= 15 is 0 Å². The molecule has 3 saturated heterocycles. The molecule has 0 radical (unpaired) electrons. The summed E-state index contributed by atoms with van der Waals surface area (Å²) >= 11 is 0. The van der Waals surface area contributed by atoms with E-state index in [4.69, 9.17) is 11.5 Å². The number of carbonyl (C=O) groups is 3. The maximum atomic E-state index is 12.8. The summed E-state index contributed by atoms with van der Waals surface area (Å²) in [5.74, 6) is 0.260. The van der Waals surface area contributed by atoms with Crippen molar-refractivity contribution in [3.8, 4) is 0 Å². The zero-order valence-electron chi connectivity index (χ0n) is 29.6. The molecule has 3 fully saturated rings. The average molecular weight is 664 g/mol. The molecular weight excluding hydrogens is 606 g/mol. The highest BCUT2D eigenvalue weighted by molar-refractivity contribution is 6.04. The first-order chi connectivity index (χ1) is 22.9. The second-order valence-corrected chi connectivity index (χ2v) is 13.3. The average Bonchev–Trinajstić information content (AvgIpc) is 3.06. The lowest BCUT2D eigenvalue weighted by atomic mass is 9.83. The number of likely N-dealkylation sites (N-methyl/N-ethyl adjacent to an activating group) is 1. The van der Waals surface area contributed by atoms with Gasteiger partial charge in [0.15, 0.2) is 0 Å². The number of benzene rings is 1. The van der Waals surface area contributed by atoms with Gasteiger partial charge in [-0.15, -0.1) is 0 Å². The van der Waals surface area contributed by atoms with E-state index in [2.05, 4.69) is 47.2 Å². The van der Waals surface area contributed by atoms with E-state index in [1.165, 1.54) is 16.9 Å². The number of carbonyl (C=O) groups excluding carboxylic acids is 3. The third kappa shape index (κ3) is 10.3. The number of anilines is 1. The maximum absolute atomic E-state index is 12.8. The first kappa shape index (κ1) is 38.6. The Labute approximate surface area is 287 Å². The summed E-state index contributed by atoms with van der Waals surface area (Å²) < 4.78 is 0. The fourth-order valence-electron chi connectivity index (χ4n) is 5.90. The van der Waals surface area contributed by atoms with E-state index < -0.39 is 5.54 Å². The van der Waals surface area contributed by atoms with Gasteiger partial charge < -0.3 is 26.2 Å². The van der Waals surface area contributed by atoms with Crippen LogP contribution in [-0.4, -0.2) is 121 Å². The van der Waals surface area contributed by atoms with Gasteiger partial charge in [0.25, 0.3) is 0 Å². The highest BCUT2D eigenvalue weighted by Gasteiger charge is 2.56. The first-order valence-electron chi connectivity index (χ1n) is 17.0. The largest absolute Gasteiger partial charge is 0.332 e. The zero-order chi connectivity index (χ0) is 35.4. The van der Waals surface area contributed by atoms with Crippen LogP contribution in [0.3, 0.4) is 0 Å². The predicted molar refractivity (Wildman–Crippen MR) is 195 cm³/mol. The van der Waals surface area contributed by atoms with Crippen molar-refractivity contribution in [2.45, 2.75) is 76.7 Å². The lowest BCUT2D eigenvalue weighted by Crippen LogP contribution is -2.83. The van der Waals surface area contributed by atoms with Crippen LogP contribution in [0.1, 0.15) is 52.0 Å². The van der Waals surface area contributed by atoms with Crippen molar-refractivity contribution in [1.29, 1.82) is 0 Å². The number of piperidine rings is 1. The summed E-state index contributed by atoms with van der Waals surface area (Å²) in [4.78, 5) is 50.8. The van der Waals surface area contributed by atoms with Crippen LogP contribution in [0, 0.1) is 0 Å². The maximum Gasteiger partial charge on any atom is 0.323 e. The number of amides is 4. The molecule has 3 atom stereocenters. The summed E-state index contributed by atoms with van der Waals surface area (Å²) in [5.41, 5.74) is 14.2. The van der Waals surface area contributed by atoms with Crippen LogP contribution < -0.4 is 21.7 Å². The summed E-state index contributed by atoms with van der Waals surface area (Å²) in [6.07, 6.45) is 9.48. The van der Waals surface area contributed by atoms with Gasteiger partial charge in [0, 0.05) is 51.2 Å². The van der Waals surface area contributed by atoms with Crippen LogP contribution >= 0.6 is 0 Å². The standard InChI is InChI=1S/C27H40N8O3.C9H17N/c1-4-27(2,29)25(37)34-16-23-22(34)17-35(23)26(38)31-24(30-3)11-14-33(18-36)21-7-5-19(6-8-21)15-32-12-9-20(28)10-13-32;1-5-7-10(4)8-9(3)6-2/h5-8,11,14,18,20,22-23H,4,9-10,12-13,15-17,28-29H2,1-3H3,(H,30,31,38);6H,2-3,5,7-8H2,1,4H3/b14-11-;. The molecule has 0 spiro atoms. The Morgan fingerprint density at radius 3 is 2.27 bits per heavy atom. The van der Waals surface area contributed by atoms with E-state index in [0.717, 1.165) is 51.1 Å². The molecule has 5 N–H and O–H groups in total. The highest BCUT2D eigenvalue weighted by atomic mass is 16.2. The van der Waals surface area contributed by atoms with E-state index in [1.807, 2.05) is 37.3 Å². The van der Waals surface area contributed by atoms with Gasteiger partial charge in [-0.05, 0) is 88.6 Å². The number of urea groups is 1. The number of piperazine rings is 1. The number of nitrogens with two attached hydrogens (primary N) is 2. The molecule has 3 aliphatic rings. The number of nitrogens with one attached hydrogen (secondary N) is 1. The van der Waals surface area contributed by atoms with Crippen molar-refractivity contribution in [2.24, 2.45) is 16.5 Å². The number of amidine groups is 1. The Balaban J connectivity index is 0.000000542. The van der Waals surface area contributed by atoms with E-state index in [0.29, 0.717) is 43.5 Å². The number of fused-ring (bicyclic) bond motifs is 1. The summed E-state index contributed by atoms with van der Waals surface area (Å²) in [6.45, 7) is 19.2. The van der Waals surface area contributed by atoms with Crippen LogP contribution in [0.15, 0.2) is 66.3 Å². The van der Waals surface area contributed by atoms with Gasteiger partial charge in [0.05, 0.1) is 17.6 Å². The number of likely N-dealkylation sites (tertiary alicyclic amines) is 3. The molecule has 12 heteroatoms. The first-order valence-corrected chi connectivity index (χ1v) is 17.0. The van der Waals surface area contributed by atoms with Crippen LogP contribution in [0.5, 0.6) is 0 Å². The number of rotatable bonds is 13. The smallest absolute Gasteiger partial charge is 0.323 e. The van der Waals surface area contributed by atoms with Gasteiger partial charge in [-0.3, -0.25) is 29.7 Å². The van der Waals surface area contributed by atoms with Gasteiger partial charge in [-0.2, -0.15) is 0 Å². The van der Waals surface area contributed by atoms with Gasteiger partial charge in [-0.25, -0.2) is 4.79 Å². The summed E-state index contributed by atoms with van der Waals surface area (Å²) in [5, 5.41) is 2.79. The Bertz CT molecular complexity index is 1320. The molecular formula is C36H57N9O3. The number of hydrogen-bond donors (Lipinski definition) is 3. The highest BCUT2D eigenvalue weighted by Crippen LogP contribution is 2.35. The minimum Gasteiger partial charge on any atom is -0.332 e. The molecule has 3 heterocycles. The van der Waals surface area contributed by atoms with Crippen molar-refractivity contribution in [3.63, 3.8) is 0 Å². The lowest BCUT2D eigenvalue weighted by molar-refractivity contribution is -0.163. The van der Waals surface area contributed by atoms with Gasteiger partial charge in [-0.1, -0.05) is 45.2 Å². The second kappa shape index (κ2) is 18.1. The van der Waals surface area contributed by atoms with Crippen LogP contribution in [0.25, 0.3) is 0 Å². The number of nitrogens with zero attached hydrogens (tertiary/aromatic N) is 6. The Hall–Kier alpha value is -3.84. The molecule has 0 saturated carbocycles. The normalized spacial score (nSPS) is 20.9. The molecule has 0 aromatic heterocycles. The van der Waals surface area contributed by atoms with Crippen LogP contribution in [-0.2, 0) is 16.1 Å². The van der Waals surface area contributed by atoms with Crippen molar-refractivity contribution >= 4 is 29.9 Å². The SMILES string of the molecule is C=CC(=C)CN(C)CCC.CCC(C)(N)C(=O)N1CC2C1CN2C(=O)NC(/C=C\N(C=O)c1ccc(CN2CCC(N)CC2)cc1)=NC. The monoisotopic (exact) mass is 663 g/mol. The van der Waals surface area contributed by atoms with Gasteiger partial charge in [0.1, 0.15) is 5.84 Å². The molecule has 0 bridgehead atoms. The van der Waals surface area contributed by atoms with Gasteiger partial charge >= 0.3 is 6.03 Å². The molecule has 0 aliphatic carbocycles.